The fourth-order valence-corrected chi connectivity index (χ4v) is 1.87. The molecule has 0 aliphatic carbocycles. The molecule has 0 unspecified atom stereocenters. The molecule has 3 amide bonds. The molecule has 1 heterocycles. The van der Waals surface area contributed by atoms with Crippen LogP contribution < -0.4 is 16.2 Å². The lowest BCUT2D eigenvalue weighted by Crippen LogP contribution is -2.49. The summed E-state index contributed by atoms with van der Waals surface area (Å²) >= 11 is 5.84. The number of fused-ring (bicyclic) bond motifs is 1. The predicted molar refractivity (Wildman–Crippen MR) is 80.1 cm³/mol. The maximum Gasteiger partial charge on any atom is 0.327 e. The van der Waals surface area contributed by atoms with E-state index in [9.17, 15) is 14.4 Å². The van der Waals surface area contributed by atoms with Gasteiger partial charge in [-0.1, -0.05) is 11.6 Å². The molecule has 0 aliphatic rings. The van der Waals surface area contributed by atoms with Gasteiger partial charge in [-0.2, -0.15) is 0 Å². The van der Waals surface area contributed by atoms with E-state index in [1.807, 2.05) is 5.43 Å². The molecule has 116 valence electrons. The molecule has 8 heteroatoms. The molecule has 3 N–H and O–H groups in total. The summed E-state index contributed by atoms with van der Waals surface area (Å²) in [6.45, 7) is 3.42. The summed E-state index contributed by atoms with van der Waals surface area (Å²) in [7, 11) is 0. The van der Waals surface area contributed by atoms with E-state index in [0.717, 1.165) is 0 Å². The minimum atomic E-state index is -0.971. The summed E-state index contributed by atoms with van der Waals surface area (Å²) in [5.41, 5.74) is 4.59. The molecule has 0 atom stereocenters. The SMILES string of the molecule is CC(C)NC(=O)C(=O)NNC(=O)c1cc2cc(Cl)ccc2o1. The zero-order valence-electron chi connectivity index (χ0n) is 11.9. The molecule has 0 bridgehead atoms. The second-order valence-electron chi connectivity index (χ2n) is 4.83. The van der Waals surface area contributed by atoms with Crippen LogP contribution in [0.2, 0.25) is 5.02 Å². The van der Waals surface area contributed by atoms with Crippen LogP contribution in [0.5, 0.6) is 0 Å². The Bertz CT molecular complexity index is 739. The largest absolute Gasteiger partial charge is 0.451 e. The Balaban J connectivity index is 1.99. The lowest BCUT2D eigenvalue weighted by atomic mass is 10.2. The van der Waals surface area contributed by atoms with E-state index in [-0.39, 0.29) is 11.8 Å². The quantitative estimate of drug-likeness (QED) is 0.574. The molecule has 7 nitrogen and oxygen atoms in total. The van der Waals surface area contributed by atoms with Crippen molar-refractivity contribution >= 4 is 40.3 Å². The molecule has 2 rings (SSSR count). The van der Waals surface area contributed by atoms with Crippen molar-refractivity contribution in [3.8, 4) is 0 Å². The average Bonchev–Trinajstić information content (AvgIpc) is 2.86. The summed E-state index contributed by atoms with van der Waals surface area (Å²) in [6.07, 6.45) is 0. The maximum absolute atomic E-state index is 11.9. The first-order valence-corrected chi connectivity index (χ1v) is 6.85. The van der Waals surface area contributed by atoms with Crippen molar-refractivity contribution < 1.29 is 18.8 Å². The maximum atomic E-state index is 11.9. The van der Waals surface area contributed by atoms with Crippen molar-refractivity contribution in [1.29, 1.82) is 0 Å². The highest BCUT2D eigenvalue weighted by molar-refractivity contribution is 6.35. The third-order valence-corrected chi connectivity index (χ3v) is 2.85. The molecule has 0 aliphatic heterocycles. The Kier molecular flexibility index (Phi) is 4.67. The van der Waals surface area contributed by atoms with E-state index in [1.54, 1.807) is 32.0 Å². The fourth-order valence-electron chi connectivity index (χ4n) is 1.69. The van der Waals surface area contributed by atoms with Crippen LogP contribution in [0.25, 0.3) is 11.0 Å². The normalized spacial score (nSPS) is 10.5. The smallest absolute Gasteiger partial charge is 0.327 e. The van der Waals surface area contributed by atoms with Crippen molar-refractivity contribution in [2.45, 2.75) is 19.9 Å². The number of benzene rings is 1. The van der Waals surface area contributed by atoms with Gasteiger partial charge in [-0.25, -0.2) is 0 Å². The number of halogens is 1. The summed E-state index contributed by atoms with van der Waals surface area (Å²) in [6, 6.07) is 6.20. The lowest BCUT2D eigenvalue weighted by Gasteiger charge is -2.08. The number of nitrogens with one attached hydrogen (secondary N) is 3. The molecule has 0 saturated carbocycles. The molecular formula is C14H14ClN3O4. The molecule has 0 saturated heterocycles. The highest BCUT2D eigenvalue weighted by Gasteiger charge is 2.17. The summed E-state index contributed by atoms with van der Waals surface area (Å²) in [5.74, 6) is -2.51. The zero-order chi connectivity index (χ0) is 16.3. The first-order valence-electron chi connectivity index (χ1n) is 6.47. The van der Waals surface area contributed by atoms with Crippen LogP contribution in [-0.4, -0.2) is 23.8 Å². The number of furan rings is 1. The Labute approximate surface area is 131 Å². The van der Waals surface area contributed by atoms with E-state index in [1.165, 1.54) is 6.07 Å². The molecule has 0 spiro atoms. The van der Waals surface area contributed by atoms with E-state index in [2.05, 4.69) is 10.7 Å². The Hall–Kier alpha value is -2.54. The monoisotopic (exact) mass is 323 g/mol. The van der Waals surface area contributed by atoms with E-state index < -0.39 is 17.7 Å². The van der Waals surface area contributed by atoms with E-state index in [4.69, 9.17) is 16.0 Å². The van der Waals surface area contributed by atoms with Crippen LogP contribution in [0.1, 0.15) is 24.4 Å². The van der Waals surface area contributed by atoms with Gasteiger partial charge in [0.15, 0.2) is 5.76 Å². The van der Waals surface area contributed by atoms with Crippen molar-refractivity contribution in [2.24, 2.45) is 0 Å². The minimum Gasteiger partial charge on any atom is -0.451 e. The second kappa shape index (κ2) is 6.48. The highest BCUT2D eigenvalue weighted by Crippen LogP contribution is 2.22. The van der Waals surface area contributed by atoms with Crippen LogP contribution >= 0.6 is 11.6 Å². The van der Waals surface area contributed by atoms with Crippen LogP contribution in [-0.2, 0) is 9.59 Å². The number of amides is 3. The van der Waals surface area contributed by atoms with Gasteiger partial charge in [0.2, 0.25) is 0 Å². The first-order chi connectivity index (χ1) is 10.4. The second-order valence-corrected chi connectivity index (χ2v) is 5.27. The molecule has 0 fully saturated rings. The topological polar surface area (TPSA) is 100 Å². The Morgan fingerprint density at radius 2 is 1.82 bits per heavy atom. The van der Waals surface area contributed by atoms with Gasteiger partial charge >= 0.3 is 17.7 Å². The van der Waals surface area contributed by atoms with Crippen LogP contribution in [0.4, 0.5) is 0 Å². The van der Waals surface area contributed by atoms with Crippen molar-refractivity contribution in [3.05, 3.63) is 35.0 Å². The van der Waals surface area contributed by atoms with Gasteiger partial charge in [0.05, 0.1) is 0 Å². The van der Waals surface area contributed by atoms with Crippen LogP contribution in [0.15, 0.2) is 28.7 Å². The van der Waals surface area contributed by atoms with Gasteiger partial charge in [-0.15, -0.1) is 0 Å². The third kappa shape index (κ3) is 3.76. The fraction of sp³-hybridized carbons (Fsp3) is 0.214. The minimum absolute atomic E-state index is 0.0122. The number of hydrogen-bond donors (Lipinski definition) is 3. The number of hydrogen-bond acceptors (Lipinski definition) is 4. The zero-order valence-corrected chi connectivity index (χ0v) is 12.7. The van der Waals surface area contributed by atoms with Gasteiger partial charge in [0.1, 0.15) is 5.58 Å². The molecule has 1 aromatic heterocycles. The predicted octanol–water partition coefficient (Wildman–Crippen LogP) is 1.37. The summed E-state index contributed by atoms with van der Waals surface area (Å²) < 4.78 is 5.32. The van der Waals surface area contributed by atoms with Gasteiger partial charge < -0.3 is 9.73 Å². The van der Waals surface area contributed by atoms with Gasteiger partial charge in [0.25, 0.3) is 0 Å². The average molecular weight is 324 g/mol. The third-order valence-electron chi connectivity index (χ3n) is 2.62. The number of hydrazine groups is 1. The Morgan fingerprint density at radius 1 is 1.09 bits per heavy atom. The van der Waals surface area contributed by atoms with Crippen molar-refractivity contribution in [1.82, 2.24) is 16.2 Å². The van der Waals surface area contributed by atoms with Crippen molar-refractivity contribution in [3.63, 3.8) is 0 Å². The lowest BCUT2D eigenvalue weighted by molar-refractivity contribution is -0.139. The van der Waals surface area contributed by atoms with Gasteiger partial charge in [0, 0.05) is 16.5 Å². The molecule has 0 radical (unpaired) electrons. The van der Waals surface area contributed by atoms with Crippen molar-refractivity contribution in [2.75, 3.05) is 0 Å². The number of rotatable bonds is 2. The molecule has 2 aromatic rings. The number of carbonyl (C=O) groups excluding carboxylic acids is 3. The summed E-state index contributed by atoms with van der Waals surface area (Å²) in [5, 5.41) is 3.56. The molecule has 22 heavy (non-hydrogen) atoms. The first kappa shape index (κ1) is 15.8. The van der Waals surface area contributed by atoms with E-state index in [0.29, 0.717) is 16.0 Å². The number of carbonyl (C=O) groups is 3. The molecular weight excluding hydrogens is 310 g/mol. The highest BCUT2D eigenvalue weighted by atomic mass is 35.5. The standard InChI is InChI=1S/C14H14ClN3O4/c1-7(2)16-13(20)14(21)18-17-12(19)11-6-8-5-9(15)3-4-10(8)22-11/h3-7H,1-2H3,(H,16,20)(H,17,19)(H,18,21). The Morgan fingerprint density at radius 3 is 2.50 bits per heavy atom. The van der Waals surface area contributed by atoms with Gasteiger partial charge in [-0.05, 0) is 38.1 Å². The van der Waals surface area contributed by atoms with Crippen LogP contribution in [0.3, 0.4) is 0 Å². The summed E-state index contributed by atoms with van der Waals surface area (Å²) in [4.78, 5) is 34.7. The van der Waals surface area contributed by atoms with E-state index >= 15 is 0 Å². The van der Waals surface area contributed by atoms with Gasteiger partial charge in [-0.3, -0.25) is 25.2 Å². The van der Waals surface area contributed by atoms with Crippen LogP contribution in [0, 0.1) is 0 Å². The molecule has 1 aromatic carbocycles.